The molecule has 0 radical (unpaired) electrons. The van der Waals surface area contributed by atoms with E-state index in [-0.39, 0.29) is 18.1 Å². The van der Waals surface area contributed by atoms with Gasteiger partial charge in [0.15, 0.2) is 23.1 Å². The fourth-order valence-electron chi connectivity index (χ4n) is 5.13. The van der Waals surface area contributed by atoms with Gasteiger partial charge in [-0.15, -0.1) is 0 Å². The molecule has 0 spiro atoms. The second-order valence-corrected chi connectivity index (χ2v) is 9.73. The van der Waals surface area contributed by atoms with Crippen molar-refractivity contribution in [1.82, 2.24) is 4.90 Å². The highest BCUT2D eigenvalue weighted by molar-refractivity contribution is 14.1. The first kappa shape index (κ1) is 23.8. The number of ketones is 2. The van der Waals surface area contributed by atoms with Gasteiger partial charge in [0.05, 0.1) is 17.3 Å². The number of allylic oxidation sites excluding steroid dienone is 4. The van der Waals surface area contributed by atoms with Crippen molar-refractivity contribution in [3.63, 3.8) is 0 Å². The van der Waals surface area contributed by atoms with E-state index >= 15 is 0 Å². The van der Waals surface area contributed by atoms with Gasteiger partial charge in [0.25, 0.3) is 0 Å². The van der Waals surface area contributed by atoms with Crippen molar-refractivity contribution >= 4 is 40.1 Å². The molecule has 176 valence electrons. The van der Waals surface area contributed by atoms with E-state index in [2.05, 4.69) is 22.6 Å². The molecular weight excluding hydrogens is 537 g/mol. The molecule has 1 aliphatic heterocycles. The summed E-state index contributed by atoms with van der Waals surface area (Å²) in [5.41, 5.74) is 3.45. The van der Waals surface area contributed by atoms with Crippen LogP contribution in [0.15, 0.2) is 34.7 Å². The largest absolute Gasteiger partial charge is 0.493 e. The number of halogens is 1. The molecule has 0 saturated carbocycles. The van der Waals surface area contributed by atoms with Crippen LogP contribution in [0.3, 0.4) is 0 Å². The summed E-state index contributed by atoms with van der Waals surface area (Å²) in [4.78, 5) is 39.9. The lowest BCUT2D eigenvalue weighted by atomic mass is 9.71. The van der Waals surface area contributed by atoms with Gasteiger partial charge in [0, 0.05) is 41.3 Å². The standard InChI is InChI=1S/C25H28INO6/c1-3-10-33-25-15(26)11-14(12-20(25)32-2)22-23-16(6-4-8-18(23)28)27(13-21(30)31)17-7-5-9-19(29)24(17)22/h11-12,22H,3-10,13H2,1-2H3,(H,30,31). The number of carbonyl (C=O) groups excluding carboxylic acids is 2. The second kappa shape index (κ2) is 9.87. The van der Waals surface area contributed by atoms with E-state index in [0.717, 1.165) is 26.9 Å². The Morgan fingerprint density at radius 3 is 2.21 bits per heavy atom. The molecule has 1 aromatic rings. The molecular formula is C25H28INO6. The van der Waals surface area contributed by atoms with E-state index in [9.17, 15) is 19.5 Å². The van der Waals surface area contributed by atoms with Crippen LogP contribution in [-0.4, -0.2) is 47.8 Å². The molecule has 8 heteroatoms. The third-order valence-electron chi connectivity index (χ3n) is 6.42. The summed E-state index contributed by atoms with van der Waals surface area (Å²) >= 11 is 2.20. The lowest BCUT2D eigenvalue weighted by Gasteiger charge is -2.43. The first-order valence-electron chi connectivity index (χ1n) is 11.4. The summed E-state index contributed by atoms with van der Waals surface area (Å²) in [6.07, 6.45) is 4.28. The minimum atomic E-state index is -0.975. The monoisotopic (exact) mass is 565 g/mol. The summed E-state index contributed by atoms with van der Waals surface area (Å²) in [7, 11) is 1.58. The van der Waals surface area contributed by atoms with Crippen molar-refractivity contribution in [2.24, 2.45) is 0 Å². The maximum Gasteiger partial charge on any atom is 0.323 e. The Labute approximate surface area is 206 Å². The summed E-state index contributed by atoms with van der Waals surface area (Å²) in [5, 5.41) is 9.58. The van der Waals surface area contributed by atoms with Gasteiger partial charge in [-0.1, -0.05) is 6.92 Å². The Hall–Kier alpha value is -2.36. The normalized spacial score (nSPS) is 18.9. The van der Waals surface area contributed by atoms with E-state index < -0.39 is 11.9 Å². The Kier molecular flexibility index (Phi) is 7.11. The van der Waals surface area contributed by atoms with Crippen molar-refractivity contribution < 1.29 is 29.0 Å². The SMILES string of the molecule is CCCOc1c(I)cc(C2C3=C(CCCC3=O)N(CC(=O)O)C3=C2C(=O)CCC3)cc1OC. The Bertz CT molecular complexity index is 1030. The maximum atomic E-state index is 13.2. The average Bonchev–Trinajstić information content (AvgIpc) is 2.78. The summed E-state index contributed by atoms with van der Waals surface area (Å²) < 4.78 is 12.4. The fraction of sp³-hybridized carbons (Fsp3) is 0.480. The van der Waals surface area contributed by atoms with Gasteiger partial charge in [0.2, 0.25) is 0 Å². The van der Waals surface area contributed by atoms with Crippen LogP contribution in [0, 0.1) is 3.57 Å². The van der Waals surface area contributed by atoms with Gasteiger partial charge >= 0.3 is 5.97 Å². The third kappa shape index (κ3) is 4.41. The summed E-state index contributed by atoms with van der Waals surface area (Å²) in [6.45, 7) is 2.35. The molecule has 3 aliphatic rings. The smallest absolute Gasteiger partial charge is 0.323 e. The Morgan fingerprint density at radius 2 is 1.70 bits per heavy atom. The van der Waals surface area contributed by atoms with Crippen molar-refractivity contribution in [2.75, 3.05) is 20.3 Å². The van der Waals surface area contributed by atoms with Crippen molar-refractivity contribution in [3.8, 4) is 11.5 Å². The number of ether oxygens (including phenoxy) is 2. The predicted molar refractivity (Wildman–Crippen MR) is 130 cm³/mol. The summed E-state index contributed by atoms with van der Waals surface area (Å²) in [5.74, 6) is -0.293. The van der Waals surface area contributed by atoms with Crippen LogP contribution in [0.25, 0.3) is 0 Å². The topological polar surface area (TPSA) is 93.1 Å². The molecule has 0 unspecified atom stereocenters. The lowest BCUT2D eigenvalue weighted by molar-refractivity contribution is -0.138. The minimum Gasteiger partial charge on any atom is -0.493 e. The molecule has 0 aromatic heterocycles. The number of carboxylic acids is 1. The van der Waals surface area contributed by atoms with Crippen LogP contribution in [0.4, 0.5) is 0 Å². The molecule has 0 atom stereocenters. The van der Waals surface area contributed by atoms with Crippen LogP contribution in [0.2, 0.25) is 0 Å². The number of carbonyl (C=O) groups is 3. The zero-order chi connectivity index (χ0) is 23.7. The zero-order valence-electron chi connectivity index (χ0n) is 18.9. The maximum absolute atomic E-state index is 13.2. The summed E-state index contributed by atoms with van der Waals surface area (Å²) in [6, 6.07) is 3.83. The highest BCUT2D eigenvalue weighted by Gasteiger charge is 2.44. The van der Waals surface area contributed by atoms with E-state index in [4.69, 9.17) is 9.47 Å². The van der Waals surface area contributed by atoms with Gasteiger partial charge in [0.1, 0.15) is 6.54 Å². The van der Waals surface area contributed by atoms with Crippen molar-refractivity contribution in [3.05, 3.63) is 43.8 Å². The number of carboxylic acid groups (broad SMARTS) is 1. The van der Waals surface area contributed by atoms with Crippen LogP contribution in [0.5, 0.6) is 11.5 Å². The van der Waals surface area contributed by atoms with Gasteiger partial charge in [-0.05, 0) is 72.4 Å². The van der Waals surface area contributed by atoms with Crippen LogP contribution in [0.1, 0.15) is 63.4 Å². The fourth-order valence-corrected chi connectivity index (χ4v) is 5.91. The molecule has 1 N–H and O–H groups in total. The van der Waals surface area contributed by atoms with Crippen LogP contribution in [-0.2, 0) is 14.4 Å². The number of nitrogens with zero attached hydrogens (tertiary/aromatic N) is 1. The highest BCUT2D eigenvalue weighted by Crippen LogP contribution is 2.50. The number of methoxy groups -OCH3 is 1. The molecule has 0 saturated heterocycles. The molecule has 33 heavy (non-hydrogen) atoms. The van der Waals surface area contributed by atoms with E-state index in [1.165, 1.54) is 0 Å². The quantitative estimate of drug-likeness (QED) is 0.484. The van der Waals surface area contributed by atoms with Gasteiger partial charge in [-0.25, -0.2) is 0 Å². The predicted octanol–water partition coefficient (Wildman–Crippen LogP) is 4.59. The highest BCUT2D eigenvalue weighted by atomic mass is 127. The second-order valence-electron chi connectivity index (χ2n) is 8.57. The molecule has 1 heterocycles. The Balaban J connectivity index is 1.93. The van der Waals surface area contributed by atoms with Gasteiger partial charge in [-0.3, -0.25) is 14.4 Å². The third-order valence-corrected chi connectivity index (χ3v) is 7.22. The number of hydrogen-bond acceptors (Lipinski definition) is 6. The van der Waals surface area contributed by atoms with Gasteiger partial charge in [-0.2, -0.15) is 0 Å². The molecule has 4 rings (SSSR count). The van der Waals surface area contributed by atoms with E-state index in [0.29, 0.717) is 67.8 Å². The number of rotatable bonds is 7. The first-order valence-corrected chi connectivity index (χ1v) is 12.5. The zero-order valence-corrected chi connectivity index (χ0v) is 21.1. The number of aliphatic carboxylic acids is 1. The molecule has 0 fully saturated rings. The first-order chi connectivity index (χ1) is 15.9. The van der Waals surface area contributed by atoms with Gasteiger partial charge < -0.3 is 19.5 Å². The van der Waals surface area contributed by atoms with Crippen LogP contribution < -0.4 is 9.47 Å². The number of benzene rings is 1. The molecule has 0 bridgehead atoms. The molecule has 1 aromatic carbocycles. The number of Topliss-reactive ketones (excluding diaryl/α,β-unsaturated/α-hetero) is 2. The minimum absolute atomic E-state index is 0.0122. The number of hydrogen-bond donors (Lipinski definition) is 1. The average molecular weight is 565 g/mol. The molecule has 0 amide bonds. The van der Waals surface area contributed by atoms with Crippen LogP contribution >= 0.6 is 22.6 Å². The van der Waals surface area contributed by atoms with E-state index in [1.54, 1.807) is 12.0 Å². The lowest BCUT2D eigenvalue weighted by Crippen LogP contribution is -2.41. The van der Waals surface area contributed by atoms with Crippen molar-refractivity contribution in [1.29, 1.82) is 0 Å². The van der Waals surface area contributed by atoms with Crippen molar-refractivity contribution in [2.45, 2.75) is 57.8 Å². The van der Waals surface area contributed by atoms with E-state index in [1.807, 2.05) is 19.1 Å². The molecule has 2 aliphatic carbocycles. The Morgan fingerprint density at radius 1 is 1.09 bits per heavy atom. The molecule has 7 nitrogen and oxygen atoms in total.